The van der Waals surface area contributed by atoms with Gasteiger partial charge in [-0.1, -0.05) is 0 Å². The van der Waals surface area contributed by atoms with Gasteiger partial charge in [0.15, 0.2) is 18.2 Å². The van der Waals surface area contributed by atoms with Crippen LogP contribution >= 0.6 is 0 Å². The Labute approximate surface area is 211 Å². The molecule has 36 heavy (non-hydrogen) atoms. The highest BCUT2D eigenvalue weighted by Gasteiger charge is 2.27. The molecule has 2 aliphatic heterocycles. The molecule has 2 aromatic carbocycles. The number of fused-ring (bicyclic) bond motifs is 1. The third-order valence-corrected chi connectivity index (χ3v) is 7.23. The molecule has 0 aliphatic carbocycles. The van der Waals surface area contributed by atoms with Gasteiger partial charge in [-0.2, -0.15) is 0 Å². The smallest absolute Gasteiger partial charge is 0.262 e. The summed E-state index contributed by atoms with van der Waals surface area (Å²) in [6, 6.07) is 12.8. The van der Waals surface area contributed by atoms with Crippen LogP contribution < -0.4 is 19.7 Å². The summed E-state index contributed by atoms with van der Waals surface area (Å²) in [6.45, 7) is 6.34. The number of rotatable bonds is 7. The molecule has 1 aromatic heterocycles. The van der Waals surface area contributed by atoms with Crippen molar-refractivity contribution in [1.29, 1.82) is 0 Å². The number of nitrogens with one attached hydrogen (secondary N) is 1. The number of aromatic nitrogens is 1. The second kappa shape index (κ2) is 10.7. The Morgan fingerprint density at radius 1 is 1.08 bits per heavy atom. The largest absolute Gasteiger partial charge is 0.497 e. The third-order valence-electron chi connectivity index (χ3n) is 7.23. The number of anilines is 2. The summed E-state index contributed by atoms with van der Waals surface area (Å²) >= 11 is 0. The molecular formula is C28H33FN4O3. The second-order valence-electron chi connectivity index (χ2n) is 9.62. The first-order valence-electron chi connectivity index (χ1n) is 12.7. The summed E-state index contributed by atoms with van der Waals surface area (Å²) in [6.07, 6.45) is 5.04. The van der Waals surface area contributed by atoms with Gasteiger partial charge in [-0.25, -0.2) is 9.37 Å². The lowest BCUT2D eigenvalue weighted by Gasteiger charge is -2.37. The van der Waals surface area contributed by atoms with E-state index in [0.717, 1.165) is 35.4 Å². The number of benzene rings is 2. The predicted molar refractivity (Wildman–Crippen MR) is 140 cm³/mol. The number of likely N-dealkylation sites (tertiary alicyclic amines) is 1. The lowest BCUT2D eigenvalue weighted by Crippen LogP contribution is -2.44. The van der Waals surface area contributed by atoms with Crippen LogP contribution in [0.1, 0.15) is 31.2 Å². The molecule has 1 amide bonds. The standard InChI is InChI=1S/C28H33FN4O3/c1-19-15-27(33-13-9-21(10-14-33)32-11-3-4-12-32)31-25-7-5-20(16-23(19)25)30-28(34)18-36-26-8-6-22(35-2)17-24(26)29/h5-8,15-17,21H,3-4,9-14,18H2,1-2H3,(H,30,34). The van der Waals surface area contributed by atoms with E-state index in [1.165, 1.54) is 58.0 Å². The molecule has 3 aromatic rings. The van der Waals surface area contributed by atoms with Gasteiger partial charge in [-0.15, -0.1) is 0 Å². The van der Waals surface area contributed by atoms with E-state index in [4.69, 9.17) is 14.5 Å². The summed E-state index contributed by atoms with van der Waals surface area (Å²) in [5.74, 6) is 0.463. The summed E-state index contributed by atoms with van der Waals surface area (Å²) in [5, 5.41) is 3.82. The fourth-order valence-electron chi connectivity index (χ4n) is 5.25. The first-order valence-corrected chi connectivity index (χ1v) is 12.7. The van der Waals surface area contributed by atoms with Crippen molar-refractivity contribution in [3.05, 3.63) is 53.8 Å². The van der Waals surface area contributed by atoms with E-state index in [2.05, 4.69) is 28.1 Å². The maximum Gasteiger partial charge on any atom is 0.262 e. The van der Waals surface area contributed by atoms with Crippen molar-refractivity contribution in [2.45, 2.75) is 38.6 Å². The molecule has 2 fully saturated rings. The van der Waals surface area contributed by atoms with Crippen molar-refractivity contribution in [1.82, 2.24) is 9.88 Å². The number of pyridine rings is 1. The van der Waals surface area contributed by atoms with Gasteiger partial charge in [-0.3, -0.25) is 4.79 Å². The summed E-state index contributed by atoms with van der Waals surface area (Å²) in [7, 11) is 1.46. The van der Waals surface area contributed by atoms with E-state index in [1.807, 2.05) is 18.2 Å². The number of carbonyl (C=O) groups is 1. The molecule has 0 atom stereocenters. The highest BCUT2D eigenvalue weighted by atomic mass is 19.1. The van der Waals surface area contributed by atoms with Gasteiger partial charge in [0, 0.05) is 36.3 Å². The number of aryl methyl sites for hydroxylation is 1. The van der Waals surface area contributed by atoms with Gasteiger partial charge in [0.1, 0.15) is 11.6 Å². The van der Waals surface area contributed by atoms with Gasteiger partial charge in [0.2, 0.25) is 0 Å². The van der Waals surface area contributed by atoms with Crippen LogP contribution in [0.4, 0.5) is 15.9 Å². The zero-order chi connectivity index (χ0) is 25.1. The van der Waals surface area contributed by atoms with Crippen LogP contribution in [0.15, 0.2) is 42.5 Å². The first kappa shape index (κ1) is 24.3. The Kier molecular flexibility index (Phi) is 7.23. The fourth-order valence-corrected chi connectivity index (χ4v) is 5.25. The van der Waals surface area contributed by atoms with E-state index >= 15 is 0 Å². The first-order chi connectivity index (χ1) is 17.5. The lowest BCUT2D eigenvalue weighted by molar-refractivity contribution is -0.118. The maximum absolute atomic E-state index is 14.0. The minimum atomic E-state index is -0.578. The quantitative estimate of drug-likeness (QED) is 0.512. The molecule has 0 unspecified atom stereocenters. The van der Waals surface area contributed by atoms with E-state index in [-0.39, 0.29) is 18.3 Å². The molecule has 0 radical (unpaired) electrons. The Balaban J connectivity index is 1.21. The zero-order valence-corrected chi connectivity index (χ0v) is 20.9. The number of carbonyl (C=O) groups excluding carboxylic acids is 1. The minimum absolute atomic E-state index is 0.00139. The Hall–Kier alpha value is -3.39. The van der Waals surface area contributed by atoms with Gasteiger partial charge in [0.05, 0.1) is 12.6 Å². The summed E-state index contributed by atoms with van der Waals surface area (Å²) < 4.78 is 24.4. The van der Waals surface area contributed by atoms with Crippen LogP contribution in [0.25, 0.3) is 10.9 Å². The van der Waals surface area contributed by atoms with Gasteiger partial charge in [-0.05, 0) is 87.7 Å². The SMILES string of the molecule is COc1ccc(OCC(=O)Nc2ccc3nc(N4CCC(N5CCCC5)CC4)cc(C)c3c2)c(F)c1. The summed E-state index contributed by atoms with van der Waals surface area (Å²) in [5.41, 5.74) is 2.67. The average Bonchev–Trinajstić information content (AvgIpc) is 3.43. The fraction of sp³-hybridized carbons (Fsp3) is 0.429. The lowest BCUT2D eigenvalue weighted by atomic mass is 10.0. The Morgan fingerprint density at radius 2 is 1.86 bits per heavy atom. The second-order valence-corrected chi connectivity index (χ2v) is 9.62. The van der Waals surface area contributed by atoms with Crippen molar-refractivity contribution >= 4 is 28.3 Å². The van der Waals surface area contributed by atoms with Crippen molar-refractivity contribution < 1.29 is 18.7 Å². The molecule has 1 N–H and O–H groups in total. The minimum Gasteiger partial charge on any atom is -0.497 e. The van der Waals surface area contributed by atoms with Crippen LogP contribution in [-0.2, 0) is 4.79 Å². The summed E-state index contributed by atoms with van der Waals surface area (Å²) in [4.78, 5) is 22.4. The number of nitrogens with zero attached hydrogens (tertiary/aromatic N) is 3. The van der Waals surface area contributed by atoms with E-state index < -0.39 is 5.82 Å². The van der Waals surface area contributed by atoms with Gasteiger partial charge < -0.3 is 24.6 Å². The van der Waals surface area contributed by atoms with Crippen molar-refractivity contribution in [3.63, 3.8) is 0 Å². The van der Waals surface area contributed by atoms with E-state index in [0.29, 0.717) is 17.5 Å². The number of halogens is 1. The van der Waals surface area contributed by atoms with Crippen LogP contribution in [0.2, 0.25) is 0 Å². The molecule has 5 rings (SSSR count). The maximum atomic E-state index is 14.0. The number of amides is 1. The molecule has 3 heterocycles. The topological polar surface area (TPSA) is 66.9 Å². The third kappa shape index (κ3) is 5.38. The monoisotopic (exact) mass is 492 g/mol. The van der Waals surface area contributed by atoms with E-state index in [9.17, 15) is 9.18 Å². The molecule has 0 spiro atoms. The Bertz CT molecular complexity index is 1240. The Morgan fingerprint density at radius 3 is 2.58 bits per heavy atom. The van der Waals surface area contributed by atoms with Crippen LogP contribution in [0.3, 0.4) is 0 Å². The van der Waals surface area contributed by atoms with Crippen molar-refractivity contribution in [2.24, 2.45) is 0 Å². The molecular weight excluding hydrogens is 459 g/mol. The normalized spacial score (nSPS) is 16.9. The van der Waals surface area contributed by atoms with Gasteiger partial charge >= 0.3 is 0 Å². The average molecular weight is 493 g/mol. The number of piperidine rings is 1. The molecule has 7 nitrogen and oxygen atoms in total. The van der Waals surface area contributed by atoms with Crippen molar-refractivity contribution in [2.75, 3.05) is 50.1 Å². The highest BCUT2D eigenvalue weighted by Crippen LogP contribution is 2.29. The molecule has 8 heteroatoms. The molecule has 2 saturated heterocycles. The van der Waals surface area contributed by atoms with Crippen LogP contribution in [-0.4, -0.2) is 61.7 Å². The van der Waals surface area contributed by atoms with Crippen LogP contribution in [0, 0.1) is 12.7 Å². The number of methoxy groups -OCH3 is 1. The number of hydrogen-bond acceptors (Lipinski definition) is 6. The molecule has 190 valence electrons. The van der Waals surface area contributed by atoms with E-state index in [1.54, 1.807) is 6.07 Å². The molecule has 2 aliphatic rings. The highest BCUT2D eigenvalue weighted by molar-refractivity contribution is 5.95. The van der Waals surface area contributed by atoms with Crippen LogP contribution in [0.5, 0.6) is 11.5 Å². The zero-order valence-electron chi connectivity index (χ0n) is 20.9. The number of hydrogen-bond donors (Lipinski definition) is 1. The number of ether oxygens (including phenoxy) is 2. The van der Waals surface area contributed by atoms with Crippen molar-refractivity contribution in [3.8, 4) is 11.5 Å². The molecule has 0 saturated carbocycles. The van der Waals surface area contributed by atoms with Gasteiger partial charge in [0.25, 0.3) is 5.91 Å². The predicted octanol–water partition coefficient (Wildman–Crippen LogP) is 4.77. The molecule has 0 bridgehead atoms.